The molecule has 0 amide bonds. The molecular weight excluding hydrogens is 244 g/mol. The molecule has 1 saturated carbocycles. The van der Waals surface area contributed by atoms with Gasteiger partial charge in [0.05, 0.1) is 18.3 Å². The van der Waals surface area contributed by atoms with Crippen molar-refractivity contribution in [1.29, 1.82) is 0 Å². The number of nitrogens with two attached hydrogens (primary N) is 1. The lowest BCUT2D eigenvalue weighted by Crippen LogP contribution is -2.15. The topological polar surface area (TPSA) is 84.6 Å². The summed E-state index contributed by atoms with van der Waals surface area (Å²) < 4.78 is 5.72. The summed E-state index contributed by atoms with van der Waals surface area (Å²) in [4.78, 5) is 10.9. The van der Waals surface area contributed by atoms with Gasteiger partial charge in [-0.1, -0.05) is 12.8 Å². The zero-order valence-corrected chi connectivity index (χ0v) is 10.9. The predicted molar refractivity (Wildman–Crippen MR) is 74.5 cm³/mol. The van der Waals surface area contributed by atoms with E-state index in [0.717, 1.165) is 18.5 Å². The zero-order valence-electron chi connectivity index (χ0n) is 10.9. The van der Waals surface area contributed by atoms with Crippen molar-refractivity contribution >= 4 is 17.3 Å². The van der Waals surface area contributed by atoms with Crippen molar-refractivity contribution in [2.24, 2.45) is 0 Å². The van der Waals surface area contributed by atoms with Crippen LogP contribution in [-0.4, -0.2) is 30.3 Å². The molecule has 0 unspecified atom stereocenters. The zero-order chi connectivity index (χ0) is 13.7. The molecule has 0 aliphatic heterocycles. The highest BCUT2D eigenvalue weighted by molar-refractivity contribution is 5.94. The number of carboxylic acid groups (broad SMARTS) is 1. The summed E-state index contributed by atoms with van der Waals surface area (Å²) in [5.74, 6) is -1.01. The van der Waals surface area contributed by atoms with Crippen LogP contribution in [0, 0.1) is 0 Å². The summed E-state index contributed by atoms with van der Waals surface area (Å²) in [5, 5.41) is 12.1. The molecule has 104 valence electrons. The Morgan fingerprint density at radius 3 is 2.84 bits per heavy atom. The first kappa shape index (κ1) is 13.7. The van der Waals surface area contributed by atoms with Crippen molar-refractivity contribution in [3.8, 4) is 0 Å². The van der Waals surface area contributed by atoms with Gasteiger partial charge in [-0.25, -0.2) is 4.79 Å². The maximum absolute atomic E-state index is 10.9. The summed E-state index contributed by atoms with van der Waals surface area (Å²) in [5.41, 5.74) is 6.75. The SMILES string of the molecule is Nc1ccc(NCCOC2CCCC2)cc1C(=O)O. The average Bonchev–Trinajstić information content (AvgIpc) is 2.89. The van der Waals surface area contributed by atoms with E-state index >= 15 is 0 Å². The van der Waals surface area contributed by atoms with Gasteiger partial charge in [0.1, 0.15) is 0 Å². The number of aromatic carboxylic acids is 1. The molecule has 2 rings (SSSR count). The molecule has 0 spiro atoms. The van der Waals surface area contributed by atoms with Crippen LogP contribution in [0.25, 0.3) is 0 Å². The minimum absolute atomic E-state index is 0.127. The van der Waals surface area contributed by atoms with Crippen LogP contribution in [0.4, 0.5) is 11.4 Å². The number of rotatable bonds is 6. The van der Waals surface area contributed by atoms with Crippen molar-refractivity contribution in [2.45, 2.75) is 31.8 Å². The van der Waals surface area contributed by atoms with E-state index in [-0.39, 0.29) is 11.3 Å². The monoisotopic (exact) mass is 264 g/mol. The Balaban J connectivity index is 1.79. The maximum atomic E-state index is 10.9. The maximum Gasteiger partial charge on any atom is 0.337 e. The second-order valence-electron chi connectivity index (χ2n) is 4.81. The summed E-state index contributed by atoms with van der Waals surface area (Å²) in [6.45, 7) is 1.30. The van der Waals surface area contributed by atoms with Gasteiger partial charge in [0.2, 0.25) is 0 Å². The molecule has 0 aromatic heterocycles. The number of carbonyl (C=O) groups is 1. The summed E-state index contributed by atoms with van der Waals surface area (Å²) >= 11 is 0. The van der Waals surface area contributed by atoms with Gasteiger partial charge in [-0.2, -0.15) is 0 Å². The molecule has 5 nitrogen and oxygen atoms in total. The fourth-order valence-electron chi connectivity index (χ4n) is 2.33. The van der Waals surface area contributed by atoms with Crippen LogP contribution in [0.5, 0.6) is 0 Å². The first-order valence-corrected chi connectivity index (χ1v) is 6.65. The van der Waals surface area contributed by atoms with Gasteiger partial charge in [0.25, 0.3) is 0 Å². The molecule has 1 fully saturated rings. The van der Waals surface area contributed by atoms with E-state index in [2.05, 4.69) is 5.32 Å². The highest BCUT2D eigenvalue weighted by atomic mass is 16.5. The number of ether oxygens (including phenoxy) is 1. The van der Waals surface area contributed by atoms with Gasteiger partial charge < -0.3 is 20.9 Å². The van der Waals surface area contributed by atoms with Crippen LogP contribution in [0.3, 0.4) is 0 Å². The minimum atomic E-state index is -1.01. The quantitative estimate of drug-likeness (QED) is 0.542. The minimum Gasteiger partial charge on any atom is -0.478 e. The van der Waals surface area contributed by atoms with Crippen molar-refractivity contribution in [3.63, 3.8) is 0 Å². The van der Waals surface area contributed by atoms with Crippen LogP contribution in [0.1, 0.15) is 36.0 Å². The smallest absolute Gasteiger partial charge is 0.337 e. The third kappa shape index (κ3) is 3.86. The molecule has 0 bridgehead atoms. The number of nitrogen functional groups attached to an aromatic ring is 1. The Morgan fingerprint density at radius 2 is 2.16 bits per heavy atom. The van der Waals surface area contributed by atoms with E-state index in [1.165, 1.54) is 12.8 Å². The number of anilines is 2. The highest BCUT2D eigenvalue weighted by Gasteiger charge is 2.14. The molecule has 5 heteroatoms. The number of hydrogen-bond acceptors (Lipinski definition) is 4. The molecule has 0 radical (unpaired) electrons. The molecule has 4 N–H and O–H groups in total. The Bertz CT molecular complexity index is 442. The molecule has 0 atom stereocenters. The molecule has 0 saturated heterocycles. The van der Waals surface area contributed by atoms with Crippen LogP contribution in [-0.2, 0) is 4.74 Å². The third-order valence-electron chi connectivity index (χ3n) is 3.37. The normalized spacial score (nSPS) is 15.6. The Hall–Kier alpha value is -1.75. The van der Waals surface area contributed by atoms with Gasteiger partial charge in [-0.3, -0.25) is 0 Å². The number of benzene rings is 1. The summed E-state index contributed by atoms with van der Waals surface area (Å²) in [7, 11) is 0. The lowest BCUT2D eigenvalue weighted by molar-refractivity contribution is 0.0659. The first-order chi connectivity index (χ1) is 9.16. The van der Waals surface area contributed by atoms with E-state index in [1.54, 1.807) is 18.2 Å². The van der Waals surface area contributed by atoms with Crippen LogP contribution >= 0.6 is 0 Å². The first-order valence-electron chi connectivity index (χ1n) is 6.65. The number of carboxylic acids is 1. The van der Waals surface area contributed by atoms with E-state index in [0.29, 0.717) is 19.3 Å². The molecule has 1 aliphatic carbocycles. The van der Waals surface area contributed by atoms with Gasteiger partial charge in [0, 0.05) is 17.9 Å². The number of nitrogens with one attached hydrogen (secondary N) is 1. The van der Waals surface area contributed by atoms with E-state index in [9.17, 15) is 4.79 Å². The van der Waals surface area contributed by atoms with E-state index in [4.69, 9.17) is 15.6 Å². The van der Waals surface area contributed by atoms with Crippen molar-refractivity contribution in [3.05, 3.63) is 23.8 Å². The fourth-order valence-corrected chi connectivity index (χ4v) is 2.33. The van der Waals surface area contributed by atoms with Crippen LogP contribution in [0.15, 0.2) is 18.2 Å². The number of hydrogen-bond donors (Lipinski definition) is 3. The highest BCUT2D eigenvalue weighted by Crippen LogP contribution is 2.21. The van der Waals surface area contributed by atoms with E-state index < -0.39 is 5.97 Å². The van der Waals surface area contributed by atoms with Gasteiger partial charge >= 0.3 is 5.97 Å². The van der Waals surface area contributed by atoms with E-state index in [1.807, 2.05) is 0 Å². The van der Waals surface area contributed by atoms with Gasteiger partial charge in [-0.15, -0.1) is 0 Å². The second kappa shape index (κ2) is 6.43. The van der Waals surface area contributed by atoms with Crippen molar-refractivity contribution < 1.29 is 14.6 Å². The fraction of sp³-hybridized carbons (Fsp3) is 0.500. The third-order valence-corrected chi connectivity index (χ3v) is 3.37. The Morgan fingerprint density at radius 1 is 1.42 bits per heavy atom. The molecule has 19 heavy (non-hydrogen) atoms. The predicted octanol–water partition coefficient (Wildman–Crippen LogP) is 2.34. The molecule has 1 aliphatic rings. The van der Waals surface area contributed by atoms with Gasteiger partial charge in [-0.05, 0) is 31.0 Å². The Kier molecular flexibility index (Phi) is 4.63. The summed E-state index contributed by atoms with van der Waals surface area (Å²) in [6.07, 6.45) is 5.24. The lowest BCUT2D eigenvalue weighted by atomic mass is 10.1. The van der Waals surface area contributed by atoms with Crippen molar-refractivity contribution in [2.75, 3.05) is 24.2 Å². The average molecular weight is 264 g/mol. The molecule has 1 aromatic carbocycles. The molecule has 1 aromatic rings. The standard InChI is InChI=1S/C14H20N2O3/c15-13-6-5-10(9-12(13)14(17)18)16-7-8-19-11-3-1-2-4-11/h5-6,9,11,16H,1-4,7-8,15H2,(H,17,18). The lowest BCUT2D eigenvalue weighted by Gasteiger charge is -2.12. The van der Waals surface area contributed by atoms with Gasteiger partial charge in [0.15, 0.2) is 0 Å². The summed E-state index contributed by atoms with van der Waals surface area (Å²) in [6, 6.07) is 4.92. The molecular formula is C14H20N2O3. The Labute approximate surface area is 112 Å². The molecule has 0 heterocycles. The largest absolute Gasteiger partial charge is 0.478 e. The second-order valence-corrected chi connectivity index (χ2v) is 4.81. The van der Waals surface area contributed by atoms with Crippen LogP contribution in [0.2, 0.25) is 0 Å². The van der Waals surface area contributed by atoms with Crippen molar-refractivity contribution in [1.82, 2.24) is 0 Å². The van der Waals surface area contributed by atoms with Crippen LogP contribution < -0.4 is 11.1 Å².